The van der Waals surface area contributed by atoms with Crippen LogP contribution in [0.25, 0.3) is 11.1 Å². The Hall–Kier alpha value is -4.18. The van der Waals surface area contributed by atoms with E-state index in [1.165, 1.54) is 6.07 Å². The quantitative estimate of drug-likeness (QED) is 0.530. The van der Waals surface area contributed by atoms with Gasteiger partial charge in [-0.25, -0.2) is 4.79 Å². The van der Waals surface area contributed by atoms with E-state index in [4.69, 9.17) is 20.9 Å². The second kappa shape index (κ2) is 8.31. The van der Waals surface area contributed by atoms with E-state index < -0.39 is 11.6 Å². The van der Waals surface area contributed by atoms with Gasteiger partial charge in [0.2, 0.25) is 11.8 Å². The first-order chi connectivity index (χ1) is 16.4. The molecule has 34 heavy (non-hydrogen) atoms. The van der Waals surface area contributed by atoms with Crippen LogP contribution < -0.4 is 16.2 Å². The smallest absolute Gasteiger partial charge is 0.336 e. The summed E-state index contributed by atoms with van der Waals surface area (Å²) in [6.07, 6.45) is 0.377. The van der Waals surface area contributed by atoms with Crippen LogP contribution in [0.1, 0.15) is 26.3 Å². The van der Waals surface area contributed by atoms with Crippen molar-refractivity contribution in [3.63, 3.8) is 0 Å². The molecule has 1 amide bonds. The molecule has 0 saturated carbocycles. The normalized spacial score (nSPS) is 19.4. The number of nitrogens with zero attached hydrogens (tertiary/aromatic N) is 3. The van der Waals surface area contributed by atoms with E-state index in [0.717, 1.165) is 0 Å². The van der Waals surface area contributed by atoms with Crippen LogP contribution in [0.3, 0.4) is 0 Å². The highest BCUT2D eigenvalue weighted by atomic mass is 16.6. The van der Waals surface area contributed by atoms with Crippen molar-refractivity contribution in [3.05, 3.63) is 65.2 Å². The lowest BCUT2D eigenvalue weighted by Gasteiger charge is -2.31. The number of hydrogen-bond donors (Lipinski definition) is 3. The number of fused-ring (bicyclic) bond motifs is 1. The molecule has 0 bridgehead atoms. The lowest BCUT2D eigenvalue weighted by molar-refractivity contribution is -0.00146. The summed E-state index contributed by atoms with van der Waals surface area (Å²) in [6.45, 7) is 1.15. The highest BCUT2D eigenvalue weighted by Gasteiger charge is 2.46. The Bertz CT molecular complexity index is 1300. The van der Waals surface area contributed by atoms with Crippen molar-refractivity contribution in [3.8, 4) is 17.0 Å². The number of hydrogen-bond acceptors (Lipinski definition) is 8. The van der Waals surface area contributed by atoms with Crippen molar-refractivity contribution in [2.24, 2.45) is 0 Å². The predicted octanol–water partition coefficient (Wildman–Crippen LogP) is 1.85. The minimum Gasteiger partial charge on any atom is -0.478 e. The zero-order valence-corrected chi connectivity index (χ0v) is 18.2. The molecular weight excluding hydrogens is 438 g/mol. The minimum atomic E-state index is -1.06. The molecule has 5 rings (SSSR count). The maximum atomic E-state index is 13.8. The summed E-state index contributed by atoms with van der Waals surface area (Å²) < 4.78 is 11.9. The molecule has 3 aromatic rings. The summed E-state index contributed by atoms with van der Waals surface area (Å²) in [7, 11) is 0. The van der Waals surface area contributed by atoms with Gasteiger partial charge >= 0.3 is 5.97 Å². The molecule has 1 unspecified atom stereocenters. The van der Waals surface area contributed by atoms with Crippen LogP contribution in [0.2, 0.25) is 0 Å². The summed E-state index contributed by atoms with van der Waals surface area (Å²) in [5.41, 5.74) is 13.1. The highest BCUT2D eigenvalue weighted by molar-refractivity contribution is 6.04. The zero-order valence-electron chi connectivity index (χ0n) is 18.2. The minimum absolute atomic E-state index is 0.0156. The monoisotopic (exact) mass is 461 g/mol. The van der Waals surface area contributed by atoms with Gasteiger partial charge in [0.25, 0.3) is 5.91 Å². The summed E-state index contributed by atoms with van der Waals surface area (Å²) in [5, 5.41) is 9.65. The average molecular weight is 461 g/mol. The van der Waals surface area contributed by atoms with Gasteiger partial charge in [0, 0.05) is 18.5 Å². The van der Waals surface area contributed by atoms with Crippen molar-refractivity contribution < 1.29 is 24.2 Å². The number of aromatic nitrogens is 2. The number of nitrogen functional groups attached to an aromatic ring is 2. The molecule has 5 N–H and O–H groups in total. The van der Waals surface area contributed by atoms with Crippen LogP contribution >= 0.6 is 0 Å². The number of amides is 1. The Morgan fingerprint density at radius 1 is 1.00 bits per heavy atom. The fraction of sp³-hybridized carbons (Fsp3) is 0.250. The van der Waals surface area contributed by atoms with Gasteiger partial charge in [-0.15, -0.1) is 0 Å². The molecule has 2 aromatic carbocycles. The number of ether oxygens (including phenoxy) is 2. The third-order valence-electron chi connectivity index (χ3n) is 6.07. The van der Waals surface area contributed by atoms with E-state index in [1.807, 2.05) is 0 Å². The highest BCUT2D eigenvalue weighted by Crippen LogP contribution is 2.38. The van der Waals surface area contributed by atoms with Crippen LogP contribution in [0.4, 0.5) is 11.8 Å². The molecule has 1 aromatic heterocycles. The Morgan fingerprint density at radius 3 is 2.41 bits per heavy atom. The second-order valence-corrected chi connectivity index (χ2v) is 8.39. The van der Waals surface area contributed by atoms with Gasteiger partial charge in [-0.3, -0.25) is 4.79 Å². The number of carboxylic acid groups (broad SMARTS) is 1. The summed E-state index contributed by atoms with van der Waals surface area (Å²) in [4.78, 5) is 35.4. The first kappa shape index (κ1) is 21.7. The number of rotatable bonds is 3. The molecule has 1 saturated heterocycles. The van der Waals surface area contributed by atoms with Crippen LogP contribution in [-0.4, -0.2) is 63.8 Å². The largest absolute Gasteiger partial charge is 0.478 e. The molecule has 2 aliphatic rings. The number of aromatic carboxylic acids is 1. The zero-order chi connectivity index (χ0) is 23.9. The molecule has 10 heteroatoms. The fourth-order valence-corrected chi connectivity index (χ4v) is 4.54. The molecule has 10 nitrogen and oxygen atoms in total. The average Bonchev–Trinajstić information content (AvgIpc) is 3.05. The SMILES string of the molecule is Nc1nc(N)c2c(n1)OC1(COCCN(C(=O)c3ccccc3-c3ccccc3C(=O)O)C1)C2. The van der Waals surface area contributed by atoms with Gasteiger partial charge in [-0.05, 0) is 23.3 Å². The fourth-order valence-electron chi connectivity index (χ4n) is 4.54. The van der Waals surface area contributed by atoms with E-state index in [0.29, 0.717) is 47.7 Å². The number of anilines is 2. The van der Waals surface area contributed by atoms with Gasteiger partial charge in [0.05, 0.1) is 30.9 Å². The number of carbonyl (C=O) groups is 2. The van der Waals surface area contributed by atoms with Gasteiger partial charge in [-0.1, -0.05) is 36.4 Å². The van der Waals surface area contributed by atoms with E-state index >= 15 is 0 Å². The maximum absolute atomic E-state index is 13.8. The predicted molar refractivity (Wildman–Crippen MR) is 123 cm³/mol. The lowest BCUT2D eigenvalue weighted by Crippen LogP contribution is -2.50. The summed E-state index contributed by atoms with van der Waals surface area (Å²) in [6, 6.07) is 13.6. The van der Waals surface area contributed by atoms with Crippen LogP contribution in [0.15, 0.2) is 48.5 Å². The van der Waals surface area contributed by atoms with Crippen molar-refractivity contribution in [1.29, 1.82) is 0 Å². The Labute approximate surface area is 195 Å². The van der Waals surface area contributed by atoms with Gasteiger partial charge in [0.1, 0.15) is 5.82 Å². The Morgan fingerprint density at radius 2 is 1.68 bits per heavy atom. The molecule has 1 fully saturated rings. The molecule has 2 aliphatic heterocycles. The Kier molecular flexibility index (Phi) is 5.29. The van der Waals surface area contributed by atoms with Gasteiger partial charge in [-0.2, -0.15) is 9.97 Å². The molecular formula is C24H23N5O5. The summed E-state index contributed by atoms with van der Waals surface area (Å²) in [5.74, 6) is -0.744. The van der Waals surface area contributed by atoms with Crippen molar-refractivity contribution in [2.45, 2.75) is 12.0 Å². The van der Waals surface area contributed by atoms with E-state index in [2.05, 4.69) is 9.97 Å². The van der Waals surface area contributed by atoms with Crippen molar-refractivity contribution in [2.75, 3.05) is 37.8 Å². The topological polar surface area (TPSA) is 154 Å². The van der Waals surface area contributed by atoms with E-state index in [9.17, 15) is 14.7 Å². The van der Waals surface area contributed by atoms with Gasteiger partial charge < -0.3 is 30.9 Å². The summed E-state index contributed by atoms with van der Waals surface area (Å²) >= 11 is 0. The van der Waals surface area contributed by atoms with Gasteiger partial charge in [0.15, 0.2) is 5.60 Å². The maximum Gasteiger partial charge on any atom is 0.336 e. The third-order valence-corrected chi connectivity index (χ3v) is 6.07. The van der Waals surface area contributed by atoms with Crippen LogP contribution in [-0.2, 0) is 11.2 Å². The molecule has 1 spiro atoms. The number of benzene rings is 2. The molecule has 174 valence electrons. The van der Waals surface area contributed by atoms with E-state index in [-0.39, 0.29) is 36.4 Å². The van der Waals surface area contributed by atoms with Crippen LogP contribution in [0.5, 0.6) is 5.88 Å². The van der Waals surface area contributed by atoms with Crippen molar-refractivity contribution in [1.82, 2.24) is 14.9 Å². The molecule has 1 atom stereocenters. The first-order valence-electron chi connectivity index (χ1n) is 10.8. The van der Waals surface area contributed by atoms with Crippen LogP contribution in [0, 0.1) is 0 Å². The molecule has 3 heterocycles. The van der Waals surface area contributed by atoms with Crippen molar-refractivity contribution >= 4 is 23.6 Å². The Balaban J connectivity index is 1.49. The number of carbonyl (C=O) groups excluding carboxylic acids is 1. The standard InChI is InChI=1S/C24H23N5O5/c25-19-18-11-24(34-20(18)28-23(26)27-19)12-29(9-10-33-13-24)21(30)16-7-3-1-5-14(16)15-6-2-4-8-17(15)22(31)32/h1-8H,9-13H2,(H,31,32)(H4,25,26,27,28). The molecule has 0 aliphatic carbocycles. The number of nitrogens with two attached hydrogens (primary N) is 2. The lowest BCUT2D eigenvalue weighted by atomic mass is 9.94. The third kappa shape index (κ3) is 3.77. The number of carboxylic acids is 1. The van der Waals surface area contributed by atoms with E-state index in [1.54, 1.807) is 47.4 Å². The first-order valence-corrected chi connectivity index (χ1v) is 10.8. The second-order valence-electron chi connectivity index (χ2n) is 8.39. The molecule has 0 radical (unpaired) electrons.